The zero-order chi connectivity index (χ0) is 29.6. The quantitative estimate of drug-likeness (QED) is 0.178. The molecule has 0 saturated heterocycles. The number of rotatable bonds is 11. The van der Waals surface area contributed by atoms with E-state index < -0.39 is 5.60 Å². The van der Waals surface area contributed by atoms with Gasteiger partial charge in [-0.3, -0.25) is 9.69 Å². The standard InChI is InChI=1S/C34H42N4O3/c1-7-9-15-30-35-29-20-21-31(37(24(3)39)22-10-8-2)36-32(29)38(30)23-25-16-18-26(19-17-25)27-13-11-12-14-28(27)33(40)41-34(4,5)6/h11-14,16-21H,7-10,15,22-23H2,1-6H3. The molecule has 4 rings (SSSR count). The molecule has 0 aliphatic carbocycles. The molecular weight excluding hydrogens is 512 g/mol. The molecule has 0 atom stereocenters. The molecule has 7 heteroatoms. The number of ether oxygens (including phenoxy) is 1. The Morgan fingerprint density at radius 3 is 2.27 bits per heavy atom. The summed E-state index contributed by atoms with van der Waals surface area (Å²) >= 11 is 0. The average Bonchev–Trinajstić information content (AvgIpc) is 3.27. The van der Waals surface area contributed by atoms with Crippen LogP contribution in [0.5, 0.6) is 0 Å². The summed E-state index contributed by atoms with van der Waals surface area (Å²) in [5.41, 5.74) is 4.49. The third kappa shape index (κ3) is 7.40. The molecule has 0 bridgehead atoms. The van der Waals surface area contributed by atoms with Crippen molar-refractivity contribution in [2.45, 2.75) is 85.8 Å². The van der Waals surface area contributed by atoms with Gasteiger partial charge in [0.25, 0.3) is 0 Å². The highest BCUT2D eigenvalue weighted by atomic mass is 16.6. The van der Waals surface area contributed by atoms with E-state index in [2.05, 4.69) is 30.5 Å². The normalized spacial score (nSPS) is 11.6. The van der Waals surface area contributed by atoms with Gasteiger partial charge in [-0.15, -0.1) is 0 Å². The summed E-state index contributed by atoms with van der Waals surface area (Å²) in [7, 11) is 0. The highest BCUT2D eigenvalue weighted by Gasteiger charge is 2.21. The van der Waals surface area contributed by atoms with E-state index >= 15 is 0 Å². The number of imidazole rings is 1. The molecule has 0 saturated carbocycles. The summed E-state index contributed by atoms with van der Waals surface area (Å²) in [4.78, 5) is 37.0. The summed E-state index contributed by atoms with van der Waals surface area (Å²) in [6, 6.07) is 19.7. The zero-order valence-electron chi connectivity index (χ0n) is 25.2. The molecule has 0 spiro atoms. The van der Waals surface area contributed by atoms with E-state index in [0.29, 0.717) is 24.5 Å². The second-order valence-electron chi connectivity index (χ2n) is 11.5. The summed E-state index contributed by atoms with van der Waals surface area (Å²) < 4.78 is 7.82. The fraction of sp³-hybridized carbons (Fsp3) is 0.412. The minimum Gasteiger partial charge on any atom is -0.456 e. The van der Waals surface area contributed by atoms with Gasteiger partial charge in [-0.25, -0.2) is 14.8 Å². The number of amides is 1. The lowest BCUT2D eigenvalue weighted by atomic mass is 9.98. The Bertz CT molecular complexity index is 1500. The molecule has 0 aliphatic heterocycles. The van der Waals surface area contributed by atoms with Crippen molar-refractivity contribution in [3.63, 3.8) is 0 Å². The molecule has 0 radical (unpaired) electrons. The highest BCUT2D eigenvalue weighted by molar-refractivity contribution is 5.97. The van der Waals surface area contributed by atoms with Crippen molar-refractivity contribution in [2.24, 2.45) is 0 Å². The molecule has 1 amide bonds. The number of aryl methyl sites for hydroxylation is 1. The van der Waals surface area contributed by atoms with Crippen molar-refractivity contribution in [1.29, 1.82) is 0 Å². The number of aromatic nitrogens is 3. The number of esters is 1. The van der Waals surface area contributed by atoms with Crippen LogP contribution in [0.1, 0.15) is 89.0 Å². The molecule has 0 fully saturated rings. The monoisotopic (exact) mass is 554 g/mol. The zero-order valence-corrected chi connectivity index (χ0v) is 25.2. The molecule has 2 aromatic carbocycles. The predicted octanol–water partition coefficient (Wildman–Crippen LogP) is 7.60. The minimum absolute atomic E-state index is 0.00942. The van der Waals surface area contributed by atoms with E-state index in [-0.39, 0.29) is 11.9 Å². The van der Waals surface area contributed by atoms with Crippen LogP contribution < -0.4 is 4.90 Å². The molecule has 41 heavy (non-hydrogen) atoms. The van der Waals surface area contributed by atoms with Gasteiger partial charge in [0.05, 0.1) is 12.1 Å². The van der Waals surface area contributed by atoms with Gasteiger partial charge < -0.3 is 9.30 Å². The van der Waals surface area contributed by atoms with Gasteiger partial charge in [0.1, 0.15) is 22.8 Å². The summed E-state index contributed by atoms with van der Waals surface area (Å²) in [5.74, 6) is 1.32. The number of carbonyl (C=O) groups is 2. The summed E-state index contributed by atoms with van der Waals surface area (Å²) in [6.45, 7) is 12.8. The largest absolute Gasteiger partial charge is 0.456 e. The van der Waals surface area contributed by atoms with Crippen LogP contribution in [0.4, 0.5) is 5.82 Å². The molecule has 7 nitrogen and oxygen atoms in total. The molecular formula is C34H42N4O3. The fourth-order valence-electron chi connectivity index (χ4n) is 4.85. The third-order valence-electron chi connectivity index (χ3n) is 6.95. The van der Waals surface area contributed by atoms with E-state index in [0.717, 1.165) is 65.8 Å². The van der Waals surface area contributed by atoms with E-state index in [1.165, 1.54) is 0 Å². The van der Waals surface area contributed by atoms with Crippen LogP contribution in [0.3, 0.4) is 0 Å². The lowest BCUT2D eigenvalue weighted by molar-refractivity contribution is -0.116. The van der Waals surface area contributed by atoms with Crippen molar-refractivity contribution >= 4 is 28.9 Å². The van der Waals surface area contributed by atoms with E-state index in [1.807, 2.05) is 69.3 Å². The predicted molar refractivity (Wildman–Crippen MR) is 165 cm³/mol. The maximum absolute atomic E-state index is 12.9. The number of nitrogens with zero attached hydrogens (tertiary/aromatic N) is 4. The molecule has 2 aromatic heterocycles. The smallest absolute Gasteiger partial charge is 0.339 e. The first-order chi connectivity index (χ1) is 19.6. The summed E-state index contributed by atoms with van der Waals surface area (Å²) in [6.07, 6.45) is 4.89. The molecule has 2 heterocycles. The molecule has 0 unspecified atom stereocenters. The van der Waals surface area contributed by atoms with Gasteiger partial charge in [0, 0.05) is 19.9 Å². The molecule has 0 aliphatic rings. The van der Waals surface area contributed by atoms with Crippen LogP contribution in [0.25, 0.3) is 22.3 Å². The maximum Gasteiger partial charge on any atom is 0.339 e. The van der Waals surface area contributed by atoms with Crippen LogP contribution in [0.2, 0.25) is 0 Å². The Hall–Kier alpha value is -4.00. The second kappa shape index (κ2) is 13.1. The number of pyridine rings is 1. The van der Waals surface area contributed by atoms with Gasteiger partial charge in [-0.05, 0) is 68.5 Å². The number of carbonyl (C=O) groups excluding carboxylic acids is 2. The first-order valence-corrected chi connectivity index (χ1v) is 14.7. The Labute approximate surface area is 243 Å². The van der Waals surface area contributed by atoms with Crippen LogP contribution in [-0.4, -0.2) is 38.6 Å². The molecule has 0 N–H and O–H groups in total. The van der Waals surface area contributed by atoms with Crippen molar-refractivity contribution in [2.75, 3.05) is 11.4 Å². The minimum atomic E-state index is -0.567. The van der Waals surface area contributed by atoms with E-state index in [4.69, 9.17) is 14.7 Å². The van der Waals surface area contributed by atoms with Crippen LogP contribution in [-0.2, 0) is 22.5 Å². The van der Waals surface area contributed by atoms with Gasteiger partial charge in [-0.2, -0.15) is 0 Å². The number of hydrogen-bond acceptors (Lipinski definition) is 5. The first-order valence-electron chi connectivity index (χ1n) is 14.7. The maximum atomic E-state index is 12.9. The Morgan fingerprint density at radius 2 is 1.61 bits per heavy atom. The lowest BCUT2D eigenvalue weighted by Crippen LogP contribution is -2.30. The molecule has 216 valence electrons. The SMILES string of the molecule is CCCCc1nc2ccc(N(CCCC)C(C)=O)nc2n1Cc1ccc(-c2ccccc2C(=O)OC(C)(C)C)cc1. The van der Waals surface area contributed by atoms with Crippen molar-refractivity contribution in [1.82, 2.24) is 14.5 Å². The van der Waals surface area contributed by atoms with Crippen molar-refractivity contribution < 1.29 is 14.3 Å². The summed E-state index contributed by atoms with van der Waals surface area (Å²) in [5, 5.41) is 0. The second-order valence-corrected chi connectivity index (χ2v) is 11.5. The number of fused-ring (bicyclic) bond motifs is 1. The Kier molecular flexibility index (Phi) is 9.58. The fourth-order valence-corrected chi connectivity index (χ4v) is 4.85. The lowest BCUT2D eigenvalue weighted by Gasteiger charge is -2.20. The Morgan fingerprint density at radius 1 is 0.902 bits per heavy atom. The molecule has 4 aromatic rings. The van der Waals surface area contributed by atoms with Gasteiger partial charge in [-0.1, -0.05) is 69.2 Å². The van der Waals surface area contributed by atoms with Crippen LogP contribution in [0.15, 0.2) is 60.7 Å². The highest BCUT2D eigenvalue weighted by Crippen LogP contribution is 2.27. The van der Waals surface area contributed by atoms with Gasteiger partial charge >= 0.3 is 5.97 Å². The van der Waals surface area contributed by atoms with Crippen LogP contribution >= 0.6 is 0 Å². The average molecular weight is 555 g/mol. The Balaban J connectivity index is 1.67. The number of hydrogen-bond donors (Lipinski definition) is 0. The topological polar surface area (TPSA) is 77.3 Å². The third-order valence-corrected chi connectivity index (χ3v) is 6.95. The van der Waals surface area contributed by atoms with Gasteiger partial charge in [0.15, 0.2) is 5.65 Å². The van der Waals surface area contributed by atoms with E-state index in [1.54, 1.807) is 11.8 Å². The van der Waals surface area contributed by atoms with Crippen molar-refractivity contribution in [3.05, 3.63) is 77.6 Å². The van der Waals surface area contributed by atoms with Crippen LogP contribution in [0, 0.1) is 0 Å². The van der Waals surface area contributed by atoms with Gasteiger partial charge in [0.2, 0.25) is 5.91 Å². The van der Waals surface area contributed by atoms with Crippen molar-refractivity contribution in [3.8, 4) is 11.1 Å². The number of anilines is 1. The number of unbranched alkanes of at least 4 members (excludes halogenated alkanes) is 2. The first kappa shape index (κ1) is 30.0. The van der Waals surface area contributed by atoms with E-state index in [9.17, 15) is 9.59 Å². The number of benzene rings is 2.